The van der Waals surface area contributed by atoms with Crippen molar-refractivity contribution in [3.63, 3.8) is 0 Å². The van der Waals surface area contributed by atoms with Crippen LogP contribution in [0.15, 0.2) is 6.07 Å². The van der Waals surface area contributed by atoms with Crippen molar-refractivity contribution in [1.82, 2.24) is 14.7 Å². The maximum absolute atomic E-state index is 12.3. The Morgan fingerprint density at radius 3 is 2.78 bits per heavy atom. The monoisotopic (exact) mass is 251 g/mol. The summed E-state index contributed by atoms with van der Waals surface area (Å²) in [5.41, 5.74) is 0.464. The number of fused-ring (bicyclic) bond motifs is 1. The molecule has 0 spiro atoms. The topological polar surface area (TPSA) is 56.6 Å². The van der Waals surface area contributed by atoms with Crippen molar-refractivity contribution in [2.45, 2.75) is 32.6 Å². The fourth-order valence-electron chi connectivity index (χ4n) is 2.52. The van der Waals surface area contributed by atoms with Gasteiger partial charge in [-0.2, -0.15) is 5.10 Å². The van der Waals surface area contributed by atoms with Gasteiger partial charge in [0.1, 0.15) is 6.61 Å². The third kappa shape index (κ3) is 1.96. The van der Waals surface area contributed by atoms with Gasteiger partial charge in [0, 0.05) is 19.2 Å². The van der Waals surface area contributed by atoms with Gasteiger partial charge in [0.15, 0.2) is 5.69 Å². The Labute approximate surface area is 105 Å². The van der Waals surface area contributed by atoms with E-state index in [-0.39, 0.29) is 18.1 Å². The van der Waals surface area contributed by atoms with Gasteiger partial charge in [0.25, 0.3) is 5.91 Å². The second kappa shape index (κ2) is 4.28. The molecule has 18 heavy (non-hydrogen) atoms. The molecule has 3 heterocycles. The summed E-state index contributed by atoms with van der Waals surface area (Å²) in [5.74, 6) is 0.648. The number of nitrogens with zero attached hydrogens (tertiary/aromatic N) is 3. The summed E-state index contributed by atoms with van der Waals surface area (Å²) in [4.78, 5) is 14.1. The molecule has 0 aromatic carbocycles. The Hall–Kier alpha value is -1.56. The van der Waals surface area contributed by atoms with E-state index in [0.717, 1.165) is 6.54 Å². The van der Waals surface area contributed by atoms with Crippen LogP contribution in [0.1, 0.15) is 24.3 Å². The minimum Gasteiger partial charge on any atom is -0.476 e. The van der Waals surface area contributed by atoms with Gasteiger partial charge < -0.3 is 14.4 Å². The van der Waals surface area contributed by atoms with Gasteiger partial charge in [-0.25, -0.2) is 4.68 Å². The van der Waals surface area contributed by atoms with Gasteiger partial charge in [-0.05, 0) is 13.8 Å². The van der Waals surface area contributed by atoms with E-state index < -0.39 is 0 Å². The number of rotatable bonds is 1. The van der Waals surface area contributed by atoms with Gasteiger partial charge in [0.2, 0.25) is 5.88 Å². The third-order valence-corrected chi connectivity index (χ3v) is 3.22. The Balaban J connectivity index is 1.77. The summed E-state index contributed by atoms with van der Waals surface area (Å²) in [7, 11) is 0. The van der Waals surface area contributed by atoms with Crippen LogP contribution in [-0.2, 0) is 11.3 Å². The number of amides is 1. The summed E-state index contributed by atoms with van der Waals surface area (Å²) < 4.78 is 12.7. The number of hydrogen-bond donors (Lipinski definition) is 0. The summed E-state index contributed by atoms with van der Waals surface area (Å²) in [6, 6.07) is 1.72. The first-order valence-corrected chi connectivity index (χ1v) is 6.29. The van der Waals surface area contributed by atoms with Crippen LogP contribution in [0, 0.1) is 0 Å². The lowest BCUT2D eigenvalue weighted by molar-refractivity contribution is -0.0587. The summed E-state index contributed by atoms with van der Waals surface area (Å²) >= 11 is 0. The summed E-state index contributed by atoms with van der Waals surface area (Å²) in [6.07, 6.45) is 0.145. The molecule has 2 aliphatic heterocycles. The molecule has 0 N–H and O–H groups in total. The molecule has 0 radical (unpaired) electrons. The zero-order valence-electron chi connectivity index (χ0n) is 10.6. The van der Waals surface area contributed by atoms with Crippen molar-refractivity contribution in [2.75, 3.05) is 19.7 Å². The average Bonchev–Trinajstić information content (AvgIpc) is 2.86. The first-order valence-electron chi connectivity index (χ1n) is 6.29. The molecule has 0 bridgehead atoms. The number of morpholine rings is 1. The lowest BCUT2D eigenvalue weighted by atomic mass is 10.2. The van der Waals surface area contributed by atoms with Crippen LogP contribution in [0.3, 0.4) is 0 Å². The highest BCUT2D eigenvalue weighted by Crippen LogP contribution is 2.20. The highest BCUT2D eigenvalue weighted by Gasteiger charge is 2.29. The van der Waals surface area contributed by atoms with Gasteiger partial charge in [-0.3, -0.25) is 4.79 Å². The minimum atomic E-state index is -0.0394. The summed E-state index contributed by atoms with van der Waals surface area (Å²) in [6.45, 7) is 6.55. The molecule has 0 saturated carbocycles. The van der Waals surface area contributed by atoms with Crippen LogP contribution < -0.4 is 4.74 Å². The highest BCUT2D eigenvalue weighted by atomic mass is 16.5. The van der Waals surface area contributed by atoms with Gasteiger partial charge >= 0.3 is 0 Å². The maximum Gasteiger partial charge on any atom is 0.274 e. The molecule has 3 rings (SSSR count). The Morgan fingerprint density at radius 2 is 2.11 bits per heavy atom. The van der Waals surface area contributed by atoms with Crippen LogP contribution in [0.25, 0.3) is 0 Å². The average molecular weight is 251 g/mol. The van der Waals surface area contributed by atoms with Crippen LogP contribution in [0.5, 0.6) is 5.88 Å². The quantitative estimate of drug-likeness (QED) is 0.730. The van der Waals surface area contributed by atoms with Crippen molar-refractivity contribution in [1.29, 1.82) is 0 Å². The lowest BCUT2D eigenvalue weighted by Crippen LogP contribution is -2.48. The predicted octanol–water partition coefficient (Wildman–Crippen LogP) is 0.525. The van der Waals surface area contributed by atoms with E-state index in [4.69, 9.17) is 9.47 Å². The number of ether oxygens (including phenoxy) is 2. The van der Waals surface area contributed by atoms with Crippen LogP contribution in [0.4, 0.5) is 0 Å². The standard InChI is InChI=1S/C12H17N3O3/c1-8-6-14(7-9(2)18-8)12(16)10-5-11-15(13-10)3-4-17-11/h5,8-9H,3-4,6-7H2,1-2H3. The van der Waals surface area contributed by atoms with Crippen LogP contribution in [-0.4, -0.2) is 52.5 Å². The molecule has 98 valence electrons. The zero-order valence-corrected chi connectivity index (χ0v) is 10.6. The molecule has 1 aromatic heterocycles. The van der Waals surface area contributed by atoms with Gasteiger partial charge in [-0.1, -0.05) is 0 Å². The van der Waals surface area contributed by atoms with Crippen molar-refractivity contribution in [3.8, 4) is 5.88 Å². The Bertz CT molecular complexity index is 440. The zero-order chi connectivity index (χ0) is 12.7. The molecule has 2 atom stereocenters. The molecule has 0 aliphatic carbocycles. The molecular formula is C12H17N3O3. The molecule has 1 fully saturated rings. The number of hydrogen-bond acceptors (Lipinski definition) is 4. The molecule has 1 saturated heterocycles. The molecule has 2 unspecified atom stereocenters. The summed E-state index contributed by atoms with van der Waals surface area (Å²) in [5, 5.41) is 4.28. The first kappa shape index (κ1) is 11.5. The van der Waals surface area contributed by atoms with E-state index in [2.05, 4.69) is 5.10 Å². The molecule has 6 nitrogen and oxygen atoms in total. The highest BCUT2D eigenvalue weighted by molar-refractivity contribution is 5.92. The number of carbonyl (C=O) groups is 1. The maximum atomic E-state index is 12.3. The largest absolute Gasteiger partial charge is 0.476 e. The number of carbonyl (C=O) groups excluding carboxylic acids is 1. The number of aromatic nitrogens is 2. The van der Waals surface area contributed by atoms with Crippen LogP contribution in [0.2, 0.25) is 0 Å². The van der Waals surface area contributed by atoms with E-state index in [1.165, 1.54) is 0 Å². The fraction of sp³-hybridized carbons (Fsp3) is 0.667. The fourth-order valence-corrected chi connectivity index (χ4v) is 2.52. The molecule has 6 heteroatoms. The van der Waals surface area contributed by atoms with Crippen molar-refractivity contribution in [2.24, 2.45) is 0 Å². The first-order chi connectivity index (χ1) is 8.63. The van der Waals surface area contributed by atoms with E-state index in [1.54, 1.807) is 15.6 Å². The molecule has 1 amide bonds. The second-order valence-electron chi connectivity index (χ2n) is 4.91. The second-order valence-corrected chi connectivity index (χ2v) is 4.91. The van der Waals surface area contributed by atoms with E-state index in [9.17, 15) is 4.79 Å². The van der Waals surface area contributed by atoms with Crippen molar-refractivity contribution in [3.05, 3.63) is 11.8 Å². The van der Waals surface area contributed by atoms with E-state index in [0.29, 0.717) is 31.3 Å². The molecular weight excluding hydrogens is 234 g/mol. The van der Waals surface area contributed by atoms with Gasteiger partial charge in [-0.15, -0.1) is 0 Å². The third-order valence-electron chi connectivity index (χ3n) is 3.22. The lowest BCUT2D eigenvalue weighted by Gasteiger charge is -2.34. The molecule has 1 aromatic rings. The SMILES string of the molecule is CC1CN(C(=O)c2cc3n(n2)CCO3)CC(C)O1. The Kier molecular flexibility index (Phi) is 2.74. The minimum absolute atomic E-state index is 0.0394. The molecule has 2 aliphatic rings. The predicted molar refractivity (Wildman–Crippen MR) is 63.6 cm³/mol. The van der Waals surface area contributed by atoms with Crippen molar-refractivity contribution >= 4 is 5.91 Å². The smallest absolute Gasteiger partial charge is 0.274 e. The normalized spacial score (nSPS) is 26.9. The van der Waals surface area contributed by atoms with E-state index in [1.807, 2.05) is 13.8 Å². The van der Waals surface area contributed by atoms with Crippen molar-refractivity contribution < 1.29 is 14.3 Å². The van der Waals surface area contributed by atoms with Crippen LogP contribution >= 0.6 is 0 Å². The van der Waals surface area contributed by atoms with E-state index >= 15 is 0 Å². The van der Waals surface area contributed by atoms with Gasteiger partial charge in [0.05, 0.1) is 18.8 Å². The Morgan fingerprint density at radius 1 is 1.39 bits per heavy atom.